The molecular weight excluding hydrogens is 370 g/mol. The van der Waals surface area contributed by atoms with Crippen molar-refractivity contribution in [1.82, 2.24) is 4.98 Å². The molecule has 0 unspecified atom stereocenters. The number of halogens is 2. The molecule has 1 aromatic heterocycles. The molecule has 0 aliphatic carbocycles. The van der Waals surface area contributed by atoms with E-state index in [0.29, 0.717) is 0 Å². The van der Waals surface area contributed by atoms with Crippen LogP contribution in [0.4, 0.5) is 17.3 Å². The van der Waals surface area contributed by atoms with Crippen molar-refractivity contribution in [2.24, 2.45) is 0 Å². The molecule has 0 aliphatic heterocycles. The number of pyridine rings is 1. The summed E-state index contributed by atoms with van der Waals surface area (Å²) in [5.74, 6) is 1.70. The predicted octanol–water partition coefficient (Wildman–Crippen LogP) is 5.17. The molecule has 1 aromatic carbocycles. The average molecular weight is 385 g/mol. The van der Waals surface area contributed by atoms with Crippen LogP contribution in [0.2, 0.25) is 0 Å². The molecule has 0 saturated heterocycles. The first-order valence-corrected chi connectivity index (χ1v) is 7.71. The first-order chi connectivity index (χ1) is 9.20. The Labute approximate surface area is 130 Å². The van der Waals surface area contributed by atoms with Crippen molar-refractivity contribution >= 4 is 49.2 Å². The zero-order chi connectivity index (χ0) is 13.7. The molecule has 2 N–H and O–H groups in total. The lowest BCUT2D eigenvalue weighted by Crippen LogP contribution is -2.03. The van der Waals surface area contributed by atoms with E-state index in [9.17, 15) is 0 Å². The summed E-state index contributed by atoms with van der Waals surface area (Å²) in [6, 6.07) is 11.9. The fourth-order valence-electron chi connectivity index (χ4n) is 1.60. The average Bonchev–Trinajstić information content (AvgIpc) is 2.41. The molecule has 0 bridgehead atoms. The van der Waals surface area contributed by atoms with Crippen LogP contribution in [0, 0.1) is 0 Å². The minimum absolute atomic E-state index is 0.814. The zero-order valence-corrected chi connectivity index (χ0v) is 13.8. The van der Waals surface area contributed by atoms with E-state index in [2.05, 4.69) is 54.4 Å². The highest BCUT2D eigenvalue weighted by atomic mass is 79.9. The van der Waals surface area contributed by atoms with Gasteiger partial charge >= 0.3 is 0 Å². The number of anilines is 3. The van der Waals surface area contributed by atoms with Gasteiger partial charge in [-0.25, -0.2) is 4.98 Å². The molecule has 1 heterocycles. The fourth-order valence-corrected chi connectivity index (χ4v) is 2.80. The second kappa shape index (κ2) is 6.91. The second-order valence-electron chi connectivity index (χ2n) is 4.06. The molecule has 0 radical (unpaired) electrons. The third kappa shape index (κ3) is 3.94. The number of hydrogen-bond acceptors (Lipinski definition) is 3. The number of benzene rings is 1. The highest BCUT2D eigenvalue weighted by molar-refractivity contribution is 9.11. The maximum Gasteiger partial charge on any atom is 0.132 e. The topological polar surface area (TPSA) is 37.0 Å². The van der Waals surface area contributed by atoms with Crippen LogP contribution in [0.1, 0.15) is 13.3 Å². The van der Waals surface area contributed by atoms with Gasteiger partial charge in [-0.1, -0.05) is 19.1 Å². The molecule has 0 saturated carbocycles. The van der Waals surface area contributed by atoms with Gasteiger partial charge in [0.2, 0.25) is 0 Å². The lowest BCUT2D eigenvalue weighted by atomic mass is 10.3. The van der Waals surface area contributed by atoms with Crippen molar-refractivity contribution in [3.63, 3.8) is 0 Å². The molecule has 0 aliphatic rings. The molecule has 100 valence electrons. The van der Waals surface area contributed by atoms with Gasteiger partial charge in [0.05, 0.1) is 5.69 Å². The predicted molar refractivity (Wildman–Crippen MR) is 88.1 cm³/mol. The van der Waals surface area contributed by atoms with Crippen LogP contribution in [0.5, 0.6) is 0 Å². The van der Waals surface area contributed by atoms with E-state index in [0.717, 1.165) is 39.2 Å². The van der Waals surface area contributed by atoms with Crippen molar-refractivity contribution in [1.29, 1.82) is 0 Å². The summed E-state index contributed by atoms with van der Waals surface area (Å²) in [5, 5.41) is 6.59. The second-order valence-corrected chi connectivity index (χ2v) is 5.77. The smallest absolute Gasteiger partial charge is 0.132 e. The van der Waals surface area contributed by atoms with Gasteiger partial charge in [0.15, 0.2) is 0 Å². The molecule has 3 nitrogen and oxygen atoms in total. The van der Waals surface area contributed by atoms with Crippen molar-refractivity contribution in [2.75, 3.05) is 17.2 Å². The van der Waals surface area contributed by atoms with Gasteiger partial charge in [0.1, 0.15) is 11.6 Å². The third-order valence-electron chi connectivity index (χ3n) is 2.52. The first-order valence-electron chi connectivity index (χ1n) is 6.12. The zero-order valence-electron chi connectivity index (χ0n) is 10.6. The SMILES string of the molecule is CCCNc1cccc(Nc2c(Br)cccc2Br)n1. The Kier molecular flexibility index (Phi) is 5.22. The standard InChI is InChI=1S/C14H15Br2N3/c1-2-9-17-12-7-4-8-13(18-12)19-14-10(15)5-3-6-11(14)16/h3-8H,2,9H2,1H3,(H2,17,18,19). The Morgan fingerprint density at radius 1 is 1.00 bits per heavy atom. The van der Waals surface area contributed by atoms with E-state index < -0.39 is 0 Å². The number of nitrogens with one attached hydrogen (secondary N) is 2. The Hall–Kier alpha value is -1.07. The molecule has 0 spiro atoms. The van der Waals surface area contributed by atoms with Gasteiger partial charge < -0.3 is 10.6 Å². The molecule has 0 atom stereocenters. The number of hydrogen-bond donors (Lipinski definition) is 2. The van der Waals surface area contributed by atoms with Crippen molar-refractivity contribution < 1.29 is 0 Å². The van der Waals surface area contributed by atoms with Crippen molar-refractivity contribution in [3.05, 3.63) is 45.3 Å². The van der Waals surface area contributed by atoms with Crippen LogP contribution in [-0.2, 0) is 0 Å². The van der Waals surface area contributed by atoms with Crippen LogP contribution in [0.3, 0.4) is 0 Å². The van der Waals surface area contributed by atoms with Gasteiger partial charge in [0, 0.05) is 15.5 Å². The maximum absolute atomic E-state index is 4.52. The van der Waals surface area contributed by atoms with Crippen LogP contribution in [-0.4, -0.2) is 11.5 Å². The Morgan fingerprint density at radius 3 is 2.32 bits per heavy atom. The molecule has 19 heavy (non-hydrogen) atoms. The molecule has 5 heteroatoms. The molecule has 0 amide bonds. The minimum atomic E-state index is 0.814. The Balaban J connectivity index is 2.19. The van der Waals surface area contributed by atoms with Crippen LogP contribution < -0.4 is 10.6 Å². The maximum atomic E-state index is 4.52. The van der Waals surface area contributed by atoms with E-state index in [4.69, 9.17) is 0 Å². The van der Waals surface area contributed by atoms with Crippen molar-refractivity contribution in [3.8, 4) is 0 Å². The quantitative estimate of drug-likeness (QED) is 0.746. The number of para-hydroxylation sites is 1. The van der Waals surface area contributed by atoms with E-state index in [1.54, 1.807) is 0 Å². The number of nitrogens with zero attached hydrogens (tertiary/aromatic N) is 1. The summed E-state index contributed by atoms with van der Waals surface area (Å²) in [4.78, 5) is 4.52. The largest absolute Gasteiger partial charge is 0.370 e. The molecule has 0 fully saturated rings. The highest BCUT2D eigenvalue weighted by Gasteiger charge is 2.05. The summed E-state index contributed by atoms with van der Waals surface area (Å²) < 4.78 is 1.99. The minimum Gasteiger partial charge on any atom is -0.370 e. The summed E-state index contributed by atoms with van der Waals surface area (Å²) in [6.45, 7) is 3.06. The highest BCUT2D eigenvalue weighted by Crippen LogP contribution is 2.32. The van der Waals surface area contributed by atoms with Gasteiger partial charge in [-0.05, 0) is 62.5 Å². The summed E-state index contributed by atoms with van der Waals surface area (Å²) >= 11 is 7.06. The van der Waals surface area contributed by atoms with Crippen LogP contribution >= 0.6 is 31.9 Å². The normalized spacial score (nSPS) is 10.3. The third-order valence-corrected chi connectivity index (χ3v) is 3.84. The van der Waals surface area contributed by atoms with Gasteiger partial charge in [-0.2, -0.15) is 0 Å². The van der Waals surface area contributed by atoms with E-state index >= 15 is 0 Å². The molecule has 2 rings (SSSR count). The van der Waals surface area contributed by atoms with Crippen LogP contribution in [0.25, 0.3) is 0 Å². The van der Waals surface area contributed by atoms with Crippen LogP contribution in [0.15, 0.2) is 45.3 Å². The molecular formula is C14H15Br2N3. The Morgan fingerprint density at radius 2 is 1.63 bits per heavy atom. The van der Waals surface area contributed by atoms with E-state index in [1.165, 1.54) is 0 Å². The lowest BCUT2D eigenvalue weighted by molar-refractivity contribution is 0.970. The lowest BCUT2D eigenvalue weighted by Gasteiger charge is -2.11. The van der Waals surface area contributed by atoms with Gasteiger partial charge in [-0.3, -0.25) is 0 Å². The summed E-state index contributed by atoms with van der Waals surface area (Å²) in [7, 11) is 0. The Bertz CT molecular complexity index is 538. The molecule has 2 aromatic rings. The fraction of sp³-hybridized carbons (Fsp3) is 0.214. The monoisotopic (exact) mass is 383 g/mol. The summed E-state index contributed by atoms with van der Waals surface area (Å²) in [5.41, 5.74) is 0.975. The van der Waals surface area contributed by atoms with E-state index in [-0.39, 0.29) is 0 Å². The summed E-state index contributed by atoms with van der Waals surface area (Å²) in [6.07, 6.45) is 1.08. The number of rotatable bonds is 5. The van der Waals surface area contributed by atoms with Crippen molar-refractivity contribution in [2.45, 2.75) is 13.3 Å². The first kappa shape index (κ1) is 14.3. The van der Waals surface area contributed by atoms with Gasteiger partial charge in [0.25, 0.3) is 0 Å². The van der Waals surface area contributed by atoms with Gasteiger partial charge in [-0.15, -0.1) is 0 Å². The van der Waals surface area contributed by atoms with E-state index in [1.807, 2.05) is 36.4 Å². The number of aromatic nitrogens is 1.